The molecule has 1 aromatic heterocycles. The quantitative estimate of drug-likeness (QED) is 0.270. The number of aromatic nitrogens is 1. The van der Waals surface area contributed by atoms with Gasteiger partial charge in [-0.1, -0.05) is 36.5 Å². The summed E-state index contributed by atoms with van der Waals surface area (Å²) >= 11 is 1.26. The highest BCUT2D eigenvalue weighted by molar-refractivity contribution is 7.18. The number of carbonyl (C=O) groups is 1. The Balaban J connectivity index is 2.27. The molecule has 1 aromatic carbocycles. The van der Waals surface area contributed by atoms with Crippen LogP contribution in [0.15, 0.2) is 30.3 Å². The van der Waals surface area contributed by atoms with E-state index in [4.69, 9.17) is 10.1 Å². The molecule has 0 fully saturated rings. The lowest BCUT2D eigenvalue weighted by molar-refractivity contribution is 0.0929. The van der Waals surface area contributed by atoms with Crippen molar-refractivity contribution < 1.29 is 9.53 Å². The first-order chi connectivity index (χ1) is 15.4. The van der Waals surface area contributed by atoms with Gasteiger partial charge in [0.1, 0.15) is 10.7 Å². The van der Waals surface area contributed by atoms with Crippen molar-refractivity contribution in [1.82, 2.24) is 15.6 Å². The molecule has 1 heterocycles. The number of nitrogens with zero attached hydrogens (tertiary/aromatic N) is 2. The summed E-state index contributed by atoms with van der Waals surface area (Å²) in [6.45, 7) is 6.30. The maximum absolute atomic E-state index is 12.7. The number of carbonyl (C=O) groups excluding carboxylic acids is 1. The summed E-state index contributed by atoms with van der Waals surface area (Å²) in [5, 5.41) is 19.3. The maximum atomic E-state index is 12.7. The van der Waals surface area contributed by atoms with E-state index in [1.165, 1.54) is 11.3 Å². The second kappa shape index (κ2) is 13.1. The molecule has 0 radical (unpaired) electrons. The number of methoxy groups -OCH3 is 1. The lowest BCUT2D eigenvalue weighted by atomic mass is 10.1. The molecule has 0 aliphatic carbocycles. The van der Waals surface area contributed by atoms with E-state index in [1.807, 2.05) is 49.2 Å². The molecule has 9 heteroatoms. The van der Waals surface area contributed by atoms with Crippen LogP contribution in [0.5, 0.6) is 0 Å². The van der Waals surface area contributed by atoms with Crippen LogP contribution < -0.4 is 20.9 Å². The minimum Gasteiger partial charge on any atom is -0.385 e. The SMILES string of the molecule is CNCCC(C)CN(C(=N)c1nc(C(=O)NC(C)CCOC)sc1NC)c1ccccc1. The van der Waals surface area contributed by atoms with Crippen molar-refractivity contribution in [1.29, 1.82) is 5.41 Å². The standard InChI is InChI=1S/C23H36N6O2S/c1-16(11-13-25-3)15-29(18-9-7-6-8-10-18)20(24)19-22(26-4)32-23(28-19)21(30)27-17(2)12-14-31-5/h6-10,16-17,24-26H,11-15H2,1-5H3,(H,27,30). The van der Waals surface area contributed by atoms with Crippen LogP contribution in [0.4, 0.5) is 10.7 Å². The normalized spacial score (nSPS) is 12.8. The van der Waals surface area contributed by atoms with Crippen molar-refractivity contribution >= 4 is 33.8 Å². The molecule has 8 nitrogen and oxygen atoms in total. The van der Waals surface area contributed by atoms with Crippen molar-refractivity contribution in [3.63, 3.8) is 0 Å². The van der Waals surface area contributed by atoms with E-state index in [0.29, 0.717) is 34.8 Å². The van der Waals surface area contributed by atoms with E-state index < -0.39 is 0 Å². The Labute approximate surface area is 195 Å². The third-order valence-corrected chi connectivity index (χ3v) is 6.20. The van der Waals surface area contributed by atoms with Gasteiger partial charge in [-0.15, -0.1) is 0 Å². The Hall–Kier alpha value is -2.49. The first-order valence-electron chi connectivity index (χ1n) is 11.0. The molecule has 1 amide bonds. The molecule has 0 spiro atoms. The van der Waals surface area contributed by atoms with Crippen LogP contribution >= 0.6 is 11.3 Å². The zero-order chi connectivity index (χ0) is 23.5. The number of amides is 1. The van der Waals surface area contributed by atoms with Gasteiger partial charge >= 0.3 is 0 Å². The molecular weight excluding hydrogens is 424 g/mol. The van der Waals surface area contributed by atoms with E-state index in [1.54, 1.807) is 14.2 Å². The highest BCUT2D eigenvalue weighted by Crippen LogP contribution is 2.28. The molecule has 32 heavy (non-hydrogen) atoms. The molecule has 2 aromatic rings. The first kappa shape index (κ1) is 25.8. The van der Waals surface area contributed by atoms with Gasteiger partial charge in [-0.25, -0.2) is 4.98 Å². The molecule has 2 atom stereocenters. The monoisotopic (exact) mass is 460 g/mol. The summed E-state index contributed by atoms with van der Waals surface area (Å²) in [5.41, 5.74) is 1.42. The number of thiazole rings is 1. The van der Waals surface area contributed by atoms with Crippen LogP contribution in [0.3, 0.4) is 0 Å². The van der Waals surface area contributed by atoms with Gasteiger partial charge in [-0.2, -0.15) is 0 Å². The third kappa shape index (κ3) is 7.29. The molecule has 0 bridgehead atoms. The smallest absolute Gasteiger partial charge is 0.280 e. The van der Waals surface area contributed by atoms with Gasteiger partial charge in [0, 0.05) is 39.0 Å². The van der Waals surface area contributed by atoms with Crippen molar-refractivity contribution in [3.8, 4) is 0 Å². The second-order valence-corrected chi connectivity index (χ2v) is 8.89. The number of para-hydroxylation sites is 1. The number of anilines is 2. The van der Waals surface area contributed by atoms with Crippen LogP contribution in [-0.4, -0.2) is 63.7 Å². The van der Waals surface area contributed by atoms with E-state index in [-0.39, 0.29) is 17.8 Å². The Morgan fingerprint density at radius 3 is 2.56 bits per heavy atom. The van der Waals surface area contributed by atoms with E-state index in [0.717, 1.165) is 25.1 Å². The molecular formula is C23H36N6O2S. The summed E-state index contributed by atoms with van der Waals surface area (Å²) in [4.78, 5) is 19.3. The van der Waals surface area contributed by atoms with E-state index in [2.05, 4.69) is 27.9 Å². The highest BCUT2D eigenvalue weighted by Gasteiger charge is 2.25. The van der Waals surface area contributed by atoms with Crippen LogP contribution in [0.2, 0.25) is 0 Å². The number of amidine groups is 1. The third-order valence-electron chi connectivity index (χ3n) is 5.12. The molecule has 0 aliphatic rings. The molecule has 4 N–H and O–H groups in total. The Kier molecular flexibility index (Phi) is 10.6. The summed E-state index contributed by atoms with van der Waals surface area (Å²) in [7, 11) is 5.38. The Morgan fingerprint density at radius 1 is 1.22 bits per heavy atom. The minimum atomic E-state index is -0.234. The fourth-order valence-electron chi connectivity index (χ4n) is 3.25. The fourth-order valence-corrected chi connectivity index (χ4v) is 4.08. The van der Waals surface area contributed by atoms with Gasteiger partial charge in [0.15, 0.2) is 10.8 Å². The zero-order valence-corrected chi connectivity index (χ0v) is 20.5. The Bertz CT molecular complexity index is 857. The molecule has 2 unspecified atom stereocenters. The molecule has 0 aliphatic heterocycles. The van der Waals surface area contributed by atoms with Crippen LogP contribution in [0.1, 0.15) is 42.2 Å². The maximum Gasteiger partial charge on any atom is 0.280 e. The van der Waals surface area contributed by atoms with E-state index >= 15 is 0 Å². The summed E-state index contributed by atoms with van der Waals surface area (Å²) in [6.07, 6.45) is 1.72. The summed E-state index contributed by atoms with van der Waals surface area (Å²) in [6, 6.07) is 9.86. The van der Waals surface area contributed by atoms with Gasteiger partial charge in [0.25, 0.3) is 5.91 Å². The van der Waals surface area contributed by atoms with Crippen molar-refractivity contribution in [2.24, 2.45) is 5.92 Å². The van der Waals surface area contributed by atoms with Crippen LogP contribution in [0, 0.1) is 11.3 Å². The summed E-state index contributed by atoms with van der Waals surface area (Å²) in [5.74, 6) is 0.409. The minimum absolute atomic E-state index is 0.0267. The van der Waals surface area contributed by atoms with Crippen LogP contribution in [-0.2, 0) is 4.74 Å². The second-order valence-electron chi connectivity index (χ2n) is 7.89. The molecule has 176 valence electrons. The van der Waals surface area contributed by atoms with Gasteiger partial charge in [-0.05, 0) is 51.4 Å². The molecule has 2 rings (SSSR count). The Morgan fingerprint density at radius 2 is 1.94 bits per heavy atom. The number of hydrogen-bond acceptors (Lipinski definition) is 7. The van der Waals surface area contributed by atoms with Gasteiger partial charge < -0.3 is 25.6 Å². The van der Waals surface area contributed by atoms with Gasteiger partial charge in [0.2, 0.25) is 0 Å². The van der Waals surface area contributed by atoms with Crippen molar-refractivity contribution in [2.75, 3.05) is 51.1 Å². The topological polar surface area (TPSA) is 102 Å². The van der Waals surface area contributed by atoms with E-state index in [9.17, 15) is 4.79 Å². The lowest BCUT2D eigenvalue weighted by Gasteiger charge is -2.28. The number of nitrogens with one attached hydrogen (secondary N) is 4. The van der Waals surface area contributed by atoms with Gasteiger partial charge in [-0.3, -0.25) is 10.2 Å². The molecule has 0 saturated carbocycles. The lowest BCUT2D eigenvalue weighted by Crippen LogP contribution is -2.36. The number of rotatable bonds is 13. The number of hydrogen-bond donors (Lipinski definition) is 4. The number of ether oxygens (including phenoxy) is 1. The first-order valence-corrected chi connectivity index (χ1v) is 11.8. The van der Waals surface area contributed by atoms with Crippen molar-refractivity contribution in [2.45, 2.75) is 32.7 Å². The van der Waals surface area contributed by atoms with Gasteiger partial charge in [0.05, 0.1) is 0 Å². The largest absolute Gasteiger partial charge is 0.385 e. The zero-order valence-electron chi connectivity index (χ0n) is 19.7. The molecule has 0 saturated heterocycles. The predicted octanol–water partition coefficient (Wildman–Crippen LogP) is 3.42. The van der Waals surface area contributed by atoms with Crippen molar-refractivity contribution in [3.05, 3.63) is 41.0 Å². The highest BCUT2D eigenvalue weighted by atomic mass is 32.1. The summed E-state index contributed by atoms with van der Waals surface area (Å²) < 4.78 is 5.08. The number of benzene rings is 1. The predicted molar refractivity (Wildman–Crippen MR) is 133 cm³/mol. The fraction of sp³-hybridized carbons (Fsp3) is 0.522. The average molecular weight is 461 g/mol. The average Bonchev–Trinajstić information content (AvgIpc) is 3.24. The van der Waals surface area contributed by atoms with Crippen LogP contribution in [0.25, 0.3) is 0 Å².